The second-order valence-corrected chi connectivity index (χ2v) is 7.20. The van der Waals surface area contributed by atoms with Crippen LogP contribution >= 0.6 is 11.3 Å². The summed E-state index contributed by atoms with van der Waals surface area (Å²) in [5, 5.41) is 13.2. The smallest absolute Gasteiger partial charge is 0.263 e. The molecule has 2 atom stereocenters. The number of thiophene rings is 1. The van der Waals surface area contributed by atoms with Gasteiger partial charge in [0, 0.05) is 13.1 Å². The highest BCUT2D eigenvalue weighted by atomic mass is 32.1. The predicted molar refractivity (Wildman–Crippen MR) is 92.7 cm³/mol. The molecule has 5 heteroatoms. The summed E-state index contributed by atoms with van der Waals surface area (Å²) in [7, 11) is 3.91. The third-order valence-corrected chi connectivity index (χ3v) is 5.48. The van der Waals surface area contributed by atoms with Gasteiger partial charge in [0.15, 0.2) is 0 Å². The number of nitrogens with zero attached hydrogens (tertiary/aromatic N) is 2. The lowest BCUT2D eigenvalue weighted by atomic mass is 9.80. The maximum absolute atomic E-state index is 12.6. The van der Waals surface area contributed by atoms with E-state index in [2.05, 4.69) is 0 Å². The van der Waals surface area contributed by atoms with Gasteiger partial charge in [-0.25, -0.2) is 0 Å². The molecule has 0 bridgehead atoms. The van der Waals surface area contributed by atoms with E-state index in [1.807, 2.05) is 71.7 Å². The van der Waals surface area contributed by atoms with Crippen LogP contribution in [-0.2, 0) is 5.60 Å². The van der Waals surface area contributed by atoms with Gasteiger partial charge < -0.3 is 14.9 Å². The van der Waals surface area contributed by atoms with Gasteiger partial charge in [-0.15, -0.1) is 11.3 Å². The summed E-state index contributed by atoms with van der Waals surface area (Å²) in [5.74, 6) is 0.0574. The number of benzene rings is 1. The van der Waals surface area contributed by atoms with E-state index >= 15 is 0 Å². The molecule has 0 spiro atoms. The molecule has 1 amide bonds. The van der Waals surface area contributed by atoms with Crippen molar-refractivity contribution in [3.05, 3.63) is 58.3 Å². The molecule has 1 aliphatic heterocycles. The van der Waals surface area contributed by atoms with Gasteiger partial charge in [-0.05, 0) is 37.5 Å². The Morgan fingerprint density at radius 1 is 1.26 bits per heavy atom. The normalized spacial score (nSPS) is 24.9. The molecule has 1 aromatic carbocycles. The Morgan fingerprint density at radius 3 is 2.61 bits per heavy atom. The number of aliphatic hydroxyl groups is 1. The topological polar surface area (TPSA) is 43.8 Å². The van der Waals surface area contributed by atoms with E-state index in [4.69, 9.17) is 0 Å². The lowest BCUT2D eigenvalue weighted by Crippen LogP contribution is -2.60. The zero-order valence-corrected chi connectivity index (χ0v) is 14.3. The van der Waals surface area contributed by atoms with Gasteiger partial charge in [-0.1, -0.05) is 36.4 Å². The highest BCUT2D eigenvalue weighted by Crippen LogP contribution is 2.35. The largest absolute Gasteiger partial charge is 0.383 e. The van der Waals surface area contributed by atoms with Gasteiger partial charge in [0.05, 0.1) is 10.9 Å². The monoisotopic (exact) mass is 330 g/mol. The van der Waals surface area contributed by atoms with E-state index in [-0.39, 0.29) is 11.9 Å². The molecule has 4 nitrogen and oxygen atoms in total. The standard InChI is InChI=1S/C18H22N2O2S/c1-19(2)16-13-20(17(21)15-9-6-12-23-15)11-10-18(16,22)14-7-4-3-5-8-14/h3-9,12,16,22H,10-11,13H2,1-2H3. The average molecular weight is 330 g/mol. The van der Waals surface area contributed by atoms with Crippen LogP contribution in [-0.4, -0.2) is 54.0 Å². The van der Waals surface area contributed by atoms with E-state index in [0.717, 1.165) is 10.4 Å². The second-order valence-electron chi connectivity index (χ2n) is 6.25. The number of carbonyl (C=O) groups excluding carboxylic acids is 1. The van der Waals surface area contributed by atoms with Crippen LogP contribution in [0.5, 0.6) is 0 Å². The van der Waals surface area contributed by atoms with E-state index in [1.54, 1.807) is 0 Å². The van der Waals surface area contributed by atoms with Gasteiger partial charge in [0.2, 0.25) is 0 Å². The third kappa shape index (κ3) is 3.04. The van der Waals surface area contributed by atoms with E-state index < -0.39 is 5.60 Å². The first kappa shape index (κ1) is 16.2. The number of rotatable bonds is 3. The fourth-order valence-corrected chi connectivity index (χ4v) is 4.01. The Labute approximate surface area is 141 Å². The van der Waals surface area contributed by atoms with E-state index in [9.17, 15) is 9.90 Å². The summed E-state index contributed by atoms with van der Waals surface area (Å²) in [4.78, 5) is 17.2. The van der Waals surface area contributed by atoms with Crippen molar-refractivity contribution in [3.63, 3.8) is 0 Å². The summed E-state index contributed by atoms with van der Waals surface area (Å²) >= 11 is 1.46. The summed E-state index contributed by atoms with van der Waals surface area (Å²) in [5.41, 5.74) is -0.0151. The predicted octanol–water partition coefficient (Wildman–Crippen LogP) is 2.41. The Balaban J connectivity index is 1.86. The summed E-state index contributed by atoms with van der Waals surface area (Å²) in [6.45, 7) is 1.08. The average Bonchev–Trinajstić information content (AvgIpc) is 3.09. The molecule has 1 aliphatic rings. The maximum atomic E-state index is 12.6. The maximum Gasteiger partial charge on any atom is 0.263 e. The van der Waals surface area contributed by atoms with E-state index in [0.29, 0.717) is 19.5 Å². The van der Waals surface area contributed by atoms with Crippen LogP contribution in [0.1, 0.15) is 21.7 Å². The van der Waals surface area contributed by atoms with Gasteiger partial charge in [0.25, 0.3) is 5.91 Å². The number of hydrogen-bond donors (Lipinski definition) is 1. The van der Waals surface area contributed by atoms with Crippen molar-refractivity contribution < 1.29 is 9.90 Å². The molecule has 2 heterocycles. The number of carbonyl (C=O) groups is 1. The Morgan fingerprint density at radius 2 is 2.00 bits per heavy atom. The fraction of sp³-hybridized carbons (Fsp3) is 0.389. The molecule has 0 aliphatic carbocycles. The van der Waals surface area contributed by atoms with Crippen LogP contribution in [0.4, 0.5) is 0 Å². The quantitative estimate of drug-likeness (QED) is 0.940. The molecule has 1 aromatic heterocycles. The molecule has 0 saturated carbocycles. The number of amides is 1. The molecule has 1 fully saturated rings. The SMILES string of the molecule is CN(C)C1CN(C(=O)c2cccs2)CCC1(O)c1ccccc1. The number of piperidine rings is 1. The minimum Gasteiger partial charge on any atom is -0.383 e. The lowest BCUT2D eigenvalue weighted by Gasteiger charge is -2.47. The van der Waals surface area contributed by atoms with Crippen LogP contribution in [0.2, 0.25) is 0 Å². The lowest BCUT2D eigenvalue weighted by molar-refractivity contribution is -0.0809. The Bertz CT molecular complexity index is 657. The van der Waals surface area contributed by atoms with Crippen molar-refractivity contribution in [2.24, 2.45) is 0 Å². The molecular formula is C18H22N2O2S. The molecular weight excluding hydrogens is 308 g/mol. The number of likely N-dealkylation sites (tertiary alicyclic amines) is 1. The minimum atomic E-state index is -0.934. The van der Waals surface area contributed by atoms with Crippen molar-refractivity contribution >= 4 is 17.2 Å². The Hall–Kier alpha value is -1.69. The van der Waals surface area contributed by atoms with Gasteiger partial charge in [-0.2, -0.15) is 0 Å². The van der Waals surface area contributed by atoms with Crippen LogP contribution in [0.15, 0.2) is 47.8 Å². The van der Waals surface area contributed by atoms with Crippen molar-refractivity contribution in [3.8, 4) is 0 Å². The highest BCUT2D eigenvalue weighted by molar-refractivity contribution is 7.12. The highest BCUT2D eigenvalue weighted by Gasteiger charge is 2.45. The zero-order chi connectivity index (χ0) is 16.4. The molecule has 3 rings (SSSR count). The van der Waals surface area contributed by atoms with Crippen LogP contribution in [0.25, 0.3) is 0 Å². The first-order valence-corrected chi connectivity index (χ1v) is 8.67. The Kier molecular flexibility index (Phi) is 4.53. The second kappa shape index (κ2) is 6.43. The first-order chi connectivity index (χ1) is 11.0. The molecule has 23 heavy (non-hydrogen) atoms. The van der Waals surface area contributed by atoms with Crippen molar-refractivity contribution in [1.29, 1.82) is 0 Å². The first-order valence-electron chi connectivity index (χ1n) is 7.79. The van der Waals surface area contributed by atoms with Gasteiger partial charge >= 0.3 is 0 Å². The summed E-state index contributed by atoms with van der Waals surface area (Å²) in [6, 6.07) is 13.4. The van der Waals surface area contributed by atoms with E-state index in [1.165, 1.54) is 11.3 Å². The number of hydrogen-bond acceptors (Lipinski definition) is 4. The van der Waals surface area contributed by atoms with Crippen molar-refractivity contribution in [2.45, 2.75) is 18.1 Å². The molecule has 0 radical (unpaired) electrons. The molecule has 2 aromatic rings. The minimum absolute atomic E-state index is 0.0574. The molecule has 1 N–H and O–H groups in total. The summed E-state index contributed by atoms with van der Waals surface area (Å²) < 4.78 is 0. The van der Waals surface area contributed by atoms with Crippen molar-refractivity contribution in [2.75, 3.05) is 27.2 Å². The fourth-order valence-electron chi connectivity index (χ4n) is 3.32. The molecule has 2 unspecified atom stereocenters. The van der Waals surface area contributed by atoms with Crippen LogP contribution in [0.3, 0.4) is 0 Å². The van der Waals surface area contributed by atoms with Crippen molar-refractivity contribution in [1.82, 2.24) is 9.80 Å². The third-order valence-electron chi connectivity index (χ3n) is 4.62. The van der Waals surface area contributed by atoms with Crippen LogP contribution < -0.4 is 0 Å². The molecule has 1 saturated heterocycles. The summed E-state index contributed by atoms with van der Waals surface area (Å²) in [6.07, 6.45) is 0.539. The zero-order valence-electron chi connectivity index (χ0n) is 13.5. The van der Waals surface area contributed by atoms with Gasteiger partial charge in [-0.3, -0.25) is 4.79 Å². The molecule has 122 valence electrons. The van der Waals surface area contributed by atoms with Gasteiger partial charge in [0.1, 0.15) is 5.60 Å². The van der Waals surface area contributed by atoms with Crippen LogP contribution in [0, 0.1) is 0 Å². The number of likely N-dealkylation sites (N-methyl/N-ethyl adjacent to an activating group) is 1.